The van der Waals surface area contributed by atoms with Crippen molar-refractivity contribution in [1.82, 2.24) is 0 Å². The maximum Gasteiger partial charge on any atom is 0.355 e. The second-order valence-electron chi connectivity index (χ2n) is 8.07. The molecule has 0 amide bonds. The molecule has 0 aliphatic carbocycles. The van der Waals surface area contributed by atoms with Crippen LogP contribution in [0.25, 0.3) is 0 Å². The van der Waals surface area contributed by atoms with Crippen LogP contribution in [0, 0.1) is 0 Å². The van der Waals surface area contributed by atoms with E-state index in [0.717, 1.165) is 32.1 Å². The maximum atomic E-state index is 11.5. The first kappa shape index (κ1) is 26.9. The summed E-state index contributed by atoms with van der Waals surface area (Å²) >= 11 is 0. The van der Waals surface area contributed by atoms with E-state index in [0.29, 0.717) is 12.8 Å². The molecular formula is C24H46O4. The third-order valence-corrected chi connectivity index (χ3v) is 5.20. The van der Waals surface area contributed by atoms with Crippen LogP contribution in [-0.4, -0.2) is 11.9 Å². The van der Waals surface area contributed by atoms with Crippen LogP contribution in [0.2, 0.25) is 0 Å². The van der Waals surface area contributed by atoms with Crippen molar-refractivity contribution in [3.63, 3.8) is 0 Å². The van der Waals surface area contributed by atoms with E-state index in [1.54, 1.807) is 0 Å². The van der Waals surface area contributed by atoms with E-state index in [2.05, 4.69) is 23.6 Å². The van der Waals surface area contributed by atoms with Crippen LogP contribution in [0.15, 0.2) is 0 Å². The molecule has 0 aliphatic rings. The van der Waals surface area contributed by atoms with Crippen molar-refractivity contribution in [1.29, 1.82) is 0 Å². The normalized spacial score (nSPS) is 10.8. The van der Waals surface area contributed by atoms with Gasteiger partial charge in [-0.1, -0.05) is 117 Å². The molecule has 0 heterocycles. The number of hydrogen-bond acceptors (Lipinski definition) is 4. The monoisotopic (exact) mass is 398 g/mol. The van der Waals surface area contributed by atoms with E-state index in [1.165, 1.54) is 83.5 Å². The van der Waals surface area contributed by atoms with Crippen LogP contribution in [0.1, 0.15) is 142 Å². The van der Waals surface area contributed by atoms with E-state index in [1.807, 2.05) is 0 Å². The molecule has 0 unspecified atom stereocenters. The molecule has 0 rings (SSSR count). The Morgan fingerprint density at radius 2 is 0.679 bits per heavy atom. The summed E-state index contributed by atoms with van der Waals surface area (Å²) in [7, 11) is 0. The van der Waals surface area contributed by atoms with Crippen molar-refractivity contribution < 1.29 is 19.4 Å². The van der Waals surface area contributed by atoms with Crippen molar-refractivity contribution in [3.8, 4) is 0 Å². The molecule has 4 nitrogen and oxygen atoms in total. The number of carbonyl (C=O) groups is 2. The first-order valence-corrected chi connectivity index (χ1v) is 12.1. The fraction of sp³-hybridized carbons (Fsp3) is 0.917. The van der Waals surface area contributed by atoms with Gasteiger partial charge in [0, 0.05) is 0 Å². The molecule has 0 aliphatic heterocycles. The van der Waals surface area contributed by atoms with Crippen LogP contribution in [0.5, 0.6) is 0 Å². The molecule has 4 heteroatoms. The van der Waals surface area contributed by atoms with Gasteiger partial charge in [-0.05, 0) is 12.8 Å². The third-order valence-electron chi connectivity index (χ3n) is 5.20. The molecule has 0 saturated carbocycles. The topological polar surface area (TPSA) is 52.6 Å². The highest BCUT2D eigenvalue weighted by Crippen LogP contribution is 2.14. The Hall–Kier alpha value is -1.06. The minimum absolute atomic E-state index is 0.320. The third kappa shape index (κ3) is 21.2. The highest BCUT2D eigenvalue weighted by Gasteiger charge is 2.09. The Morgan fingerprint density at radius 1 is 0.429 bits per heavy atom. The molecule has 0 fully saturated rings. The Kier molecular flexibility index (Phi) is 21.4. The van der Waals surface area contributed by atoms with Gasteiger partial charge in [0.15, 0.2) is 0 Å². The lowest BCUT2D eigenvalue weighted by Crippen LogP contribution is -2.11. The van der Waals surface area contributed by atoms with Gasteiger partial charge in [0.25, 0.3) is 0 Å². The van der Waals surface area contributed by atoms with Gasteiger partial charge in [-0.2, -0.15) is 0 Å². The molecule has 0 spiro atoms. The summed E-state index contributed by atoms with van der Waals surface area (Å²) in [4.78, 5) is 31.9. The molecule has 0 aromatic carbocycles. The zero-order valence-corrected chi connectivity index (χ0v) is 18.8. The summed E-state index contributed by atoms with van der Waals surface area (Å²) in [5.74, 6) is -0.878. The van der Waals surface area contributed by atoms with Crippen molar-refractivity contribution >= 4 is 11.9 Å². The van der Waals surface area contributed by atoms with Gasteiger partial charge in [0.1, 0.15) is 0 Å². The SMILES string of the molecule is CCCCCCCCCCCCCCCCCC(=O)OOC(=O)CCCCC. The summed E-state index contributed by atoms with van der Waals surface area (Å²) in [6.45, 7) is 4.34. The van der Waals surface area contributed by atoms with Gasteiger partial charge in [-0.15, -0.1) is 0 Å². The summed E-state index contributed by atoms with van der Waals surface area (Å²) in [5.41, 5.74) is 0. The van der Waals surface area contributed by atoms with Crippen LogP contribution < -0.4 is 0 Å². The lowest BCUT2D eigenvalue weighted by atomic mass is 10.0. The van der Waals surface area contributed by atoms with Gasteiger partial charge in [0.2, 0.25) is 0 Å². The smallest absolute Gasteiger partial charge is 0.247 e. The van der Waals surface area contributed by atoms with Crippen LogP contribution in [-0.2, 0) is 19.4 Å². The average Bonchev–Trinajstić information content (AvgIpc) is 2.69. The molecule has 0 radical (unpaired) electrons. The number of rotatable bonds is 20. The molecule has 0 atom stereocenters. The van der Waals surface area contributed by atoms with Gasteiger partial charge in [-0.25, -0.2) is 19.4 Å². The van der Waals surface area contributed by atoms with Gasteiger partial charge in [0.05, 0.1) is 12.8 Å². The van der Waals surface area contributed by atoms with Crippen molar-refractivity contribution in [2.75, 3.05) is 0 Å². The standard InChI is InChI=1S/C24H46O4/c1-3-5-7-8-9-10-11-12-13-14-15-16-17-18-20-22-24(26)28-27-23(25)21-19-6-4-2/h3-22H2,1-2H3. The van der Waals surface area contributed by atoms with Crippen molar-refractivity contribution in [3.05, 3.63) is 0 Å². The summed E-state index contributed by atoms with van der Waals surface area (Å²) in [6, 6.07) is 0. The first-order chi connectivity index (χ1) is 13.7. The van der Waals surface area contributed by atoms with Crippen LogP contribution in [0.4, 0.5) is 0 Å². The van der Waals surface area contributed by atoms with E-state index in [4.69, 9.17) is 0 Å². The minimum atomic E-state index is -0.446. The van der Waals surface area contributed by atoms with Crippen LogP contribution >= 0.6 is 0 Å². The van der Waals surface area contributed by atoms with Gasteiger partial charge >= 0.3 is 11.9 Å². The Balaban J connectivity index is 3.22. The second kappa shape index (κ2) is 22.2. The summed E-state index contributed by atoms with van der Waals surface area (Å²) < 4.78 is 0. The number of carbonyl (C=O) groups excluding carboxylic acids is 2. The summed E-state index contributed by atoms with van der Waals surface area (Å²) in [6.07, 6.45) is 22.9. The summed E-state index contributed by atoms with van der Waals surface area (Å²) in [5, 5.41) is 0. The molecule has 0 bridgehead atoms. The highest BCUT2D eigenvalue weighted by molar-refractivity contribution is 5.72. The average molecular weight is 399 g/mol. The molecule has 0 aromatic heterocycles. The van der Waals surface area contributed by atoms with E-state index in [9.17, 15) is 9.59 Å². The quantitative estimate of drug-likeness (QED) is 0.119. The number of hydrogen-bond donors (Lipinski definition) is 0. The number of unbranched alkanes of at least 4 members (excludes halogenated alkanes) is 16. The van der Waals surface area contributed by atoms with E-state index in [-0.39, 0.29) is 0 Å². The minimum Gasteiger partial charge on any atom is -0.247 e. The zero-order chi connectivity index (χ0) is 20.7. The van der Waals surface area contributed by atoms with Gasteiger partial charge < -0.3 is 0 Å². The fourth-order valence-electron chi connectivity index (χ4n) is 3.34. The van der Waals surface area contributed by atoms with Crippen LogP contribution in [0.3, 0.4) is 0 Å². The van der Waals surface area contributed by atoms with Gasteiger partial charge in [-0.3, -0.25) is 0 Å². The van der Waals surface area contributed by atoms with Crippen molar-refractivity contribution in [2.45, 2.75) is 142 Å². The fourth-order valence-corrected chi connectivity index (χ4v) is 3.34. The first-order valence-electron chi connectivity index (χ1n) is 12.1. The Bertz CT molecular complexity index is 355. The zero-order valence-electron chi connectivity index (χ0n) is 18.8. The molecule has 0 aromatic rings. The van der Waals surface area contributed by atoms with Crippen molar-refractivity contribution in [2.24, 2.45) is 0 Å². The molecule has 28 heavy (non-hydrogen) atoms. The highest BCUT2D eigenvalue weighted by atomic mass is 17.2. The predicted octanol–water partition coefficient (Wildman–Crippen LogP) is 7.83. The van der Waals surface area contributed by atoms with E-state index >= 15 is 0 Å². The Labute approximate surface area is 174 Å². The molecule has 0 N–H and O–H groups in total. The largest absolute Gasteiger partial charge is 0.355 e. The van der Waals surface area contributed by atoms with E-state index < -0.39 is 11.9 Å². The second-order valence-corrected chi connectivity index (χ2v) is 8.07. The Morgan fingerprint density at radius 3 is 1.04 bits per heavy atom. The molecular weight excluding hydrogens is 352 g/mol. The maximum absolute atomic E-state index is 11.5. The lowest BCUT2D eigenvalue weighted by Gasteiger charge is -2.04. The molecule has 166 valence electrons. The lowest BCUT2D eigenvalue weighted by molar-refractivity contribution is -0.259. The molecule has 0 saturated heterocycles. The predicted molar refractivity (Wildman–Crippen MR) is 116 cm³/mol.